The van der Waals surface area contributed by atoms with Gasteiger partial charge in [-0.05, 0) is 11.6 Å². The first-order valence-corrected chi connectivity index (χ1v) is 5.61. The highest BCUT2D eigenvalue weighted by Crippen LogP contribution is 2.32. The molecule has 0 aromatic carbocycles. The summed E-state index contributed by atoms with van der Waals surface area (Å²) in [5.74, 6) is 1.07. The minimum Gasteiger partial charge on any atom is -0.255 e. The van der Waals surface area contributed by atoms with E-state index < -0.39 is 0 Å². The Bertz CT molecular complexity index is 552. The Balaban J connectivity index is 2.48. The van der Waals surface area contributed by atoms with Gasteiger partial charge < -0.3 is 0 Å². The van der Waals surface area contributed by atoms with E-state index in [0.29, 0.717) is 0 Å². The van der Waals surface area contributed by atoms with E-state index in [9.17, 15) is 0 Å². The van der Waals surface area contributed by atoms with Crippen molar-refractivity contribution in [3.8, 4) is 0 Å². The average molecular weight is 199 g/mol. The monoisotopic (exact) mass is 199 g/mol. The molecule has 1 aromatic heterocycles. The molecule has 0 bridgehead atoms. The van der Waals surface area contributed by atoms with Crippen LogP contribution in [0.4, 0.5) is 0 Å². The normalized spacial score (nSPS) is 18.0. The highest BCUT2D eigenvalue weighted by atomic mass is 32.2. The molecule has 68 valence electrons. The molecule has 0 saturated carbocycles. The zero-order valence-corrected chi connectivity index (χ0v) is 8.42. The second-order valence-corrected chi connectivity index (χ2v) is 4.30. The Morgan fingerprint density at radius 2 is 2.36 bits per heavy atom. The predicted octanol–water partition coefficient (Wildman–Crippen LogP) is 1.21. The van der Waals surface area contributed by atoms with Crippen LogP contribution in [0.25, 0.3) is 11.0 Å². The summed E-state index contributed by atoms with van der Waals surface area (Å²) in [7, 11) is 0. The van der Waals surface area contributed by atoms with Crippen molar-refractivity contribution in [2.75, 3.05) is 5.75 Å². The van der Waals surface area contributed by atoms with Crippen molar-refractivity contribution in [3.05, 3.63) is 52.7 Å². The summed E-state index contributed by atoms with van der Waals surface area (Å²) in [6.45, 7) is 0. The SMILES string of the molecule is C1=CC2=CCSC2=c2ncccc2=C1. The summed E-state index contributed by atoms with van der Waals surface area (Å²) in [5, 5.41) is 2.35. The Morgan fingerprint density at radius 1 is 1.36 bits per heavy atom. The molecule has 1 aromatic rings. The molecule has 0 N–H and O–H groups in total. The summed E-state index contributed by atoms with van der Waals surface area (Å²) in [4.78, 5) is 5.78. The first kappa shape index (κ1) is 8.06. The third kappa shape index (κ3) is 1.15. The van der Waals surface area contributed by atoms with E-state index in [1.165, 1.54) is 15.7 Å². The van der Waals surface area contributed by atoms with E-state index in [1.807, 2.05) is 24.0 Å². The number of thioether (sulfide) groups is 1. The highest BCUT2D eigenvalue weighted by Gasteiger charge is 2.12. The van der Waals surface area contributed by atoms with Crippen molar-refractivity contribution in [1.29, 1.82) is 0 Å². The van der Waals surface area contributed by atoms with E-state index in [1.54, 1.807) is 0 Å². The largest absolute Gasteiger partial charge is 0.255 e. The lowest BCUT2D eigenvalue weighted by molar-refractivity contribution is 1.22. The number of rotatable bonds is 0. The summed E-state index contributed by atoms with van der Waals surface area (Å²) in [6, 6.07) is 4.10. The van der Waals surface area contributed by atoms with Crippen LogP contribution in [0.3, 0.4) is 0 Å². The Labute approximate surface area is 86.6 Å². The molecule has 1 aliphatic heterocycles. The minimum atomic E-state index is 1.07. The summed E-state index contributed by atoms with van der Waals surface area (Å²) >= 11 is 1.87. The van der Waals surface area contributed by atoms with Crippen LogP contribution in [0.2, 0.25) is 0 Å². The van der Waals surface area contributed by atoms with Gasteiger partial charge in [-0.15, -0.1) is 11.8 Å². The Hall–Kier alpha value is -1.28. The third-order valence-corrected chi connectivity index (χ3v) is 3.45. The van der Waals surface area contributed by atoms with Gasteiger partial charge in [-0.2, -0.15) is 0 Å². The van der Waals surface area contributed by atoms with Gasteiger partial charge >= 0.3 is 0 Å². The molecule has 0 spiro atoms. The molecule has 2 heteroatoms. The number of allylic oxidation sites excluding steroid dienone is 2. The zero-order valence-electron chi connectivity index (χ0n) is 7.60. The topological polar surface area (TPSA) is 12.9 Å². The fraction of sp³-hybridized carbons (Fsp3) is 0.0833. The molecule has 2 aliphatic rings. The zero-order chi connectivity index (χ0) is 9.38. The lowest BCUT2D eigenvalue weighted by atomic mass is 10.2. The van der Waals surface area contributed by atoms with Gasteiger partial charge in [0.25, 0.3) is 0 Å². The number of aromatic nitrogens is 1. The molecular formula is C12H9NS. The maximum absolute atomic E-state index is 4.45. The average Bonchev–Trinajstić information content (AvgIpc) is 2.61. The van der Waals surface area contributed by atoms with Gasteiger partial charge in [-0.25, -0.2) is 0 Å². The third-order valence-electron chi connectivity index (χ3n) is 2.40. The van der Waals surface area contributed by atoms with E-state index in [4.69, 9.17) is 0 Å². The van der Waals surface area contributed by atoms with Crippen LogP contribution in [0.15, 0.2) is 42.1 Å². The first-order chi connectivity index (χ1) is 6.95. The van der Waals surface area contributed by atoms with Crippen LogP contribution in [0.5, 0.6) is 0 Å². The van der Waals surface area contributed by atoms with Crippen LogP contribution in [0.1, 0.15) is 0 Å². The molecule has 0 radical (unpaired) electrons. The number of fused-ring (bicyclic) bond motifs is 2. The molecule has 1 nitrogen and oxygen atoms in total. The second-order valence-electron chi connectivity index (χ2n) is 3.27. The van der Waals surface area contributed by atoms with Crippen molar-refractivity contribution in [3.63, 3.8) is 0 Å². The van der Waals surface area contributed by atoms with E-state index >= 15 is 0 Å². The molecule has 2 heterocycles. The van der Waals surface area contributed by atoms with Crippen molar-refractivity contribution < 1.29 is 0 Å². The van der Waals surface area contributed by atoms with E-state index in [2.05, 4.69) is 35.4 Å². The van der Waals surface area contributed by atoms with E-state index in [-0.39, 0.29) is 0 Å². The highest BCUT2D eigenvalue weighted by molar-refractivity contribution is 8.08. The van der Waals surface area contributed by atoms with Gasteiger partial charge in [0.15, 0.2) is 0 Å². The predicted molar refractivity (Wildman–Crippen MR) is 61.0 cm³/mol. The smallest absolute Gasteiger partial charge is 0.0843 e. The van der Waals surface area contributed by atoms with Gasteiger partial charge in [0.2, 0.25) is 0 Å². The number of hydrogen-bond acceptors (Lipinski definition) is 2. The van der Waals surface area contributed by atoms with Crippen LogP contribution in [-0.2, 0) is 0 Å². The fourth-order valence-electron chi connectivity index (χ4n) is 1.74. The lowest BCUT2D eigenvalue weighted by Gasteiger charge is -1.97. The molecule has 1 aliphatic carbocycles. The van der Waals surface area contributed by atoms with Crippen LogP contribution < -0.4 is 10.6 Å². The van der Waals surface area contributed by atoms with Crippen LogP contribution >= 0.6 is 11.8 Å². The van der Waals surface area contributed by atoms with Crippen molar-refractivity contribution in [1.82, 2.24) is 4.98 Å². The quantitative estimate of drug-likeness (QED) is 0.623. The molecule has 0 saturated heterocycles. The first-order valence-electron chi connectivity index (χ1n) is 4.62. The van der Waals surface area contributed by atoms with Crippen molar-refractivity contribution in [2.24, 2.45) is 0 Å². The molecular weight excluding hydrogens is 190 g/mol. The molecule has 0 fully saturated rings. The number of nitrogens with zero attached hydrogens (tertiary/aromatic N) is 1. The number of pyridine rings is 1. The maximum atomic E-state index is 4.45. The molecule has 0 unspecified atom stereocenters. The van der Waals surface area contributed by atoms with Gasteiger partial charge in [0.1, 0.15) is 0 Å². The van der Waals surface area contributed by atoms with Crippen molar-refractivity contribution in [2.45, 2.75) is 0 Å². The Morgan fingerprint density at radius 3 is 3.36 bits per heavy atom. The summed E-state index contributed by atoms with van der Waals surface area (Å²) in [5.41, 5.74) is 1.32. The van der Waals surface area contributed by atoms with E-state index in [0.717, 1.165) is 11.1 Å². The summed E-state index contributed by atoms with van der Waals surface area (Å²) in [6.07, 6.45) is 10.5. The summed E-state index contributed by atoms with van der Waals surface area (Å²) < 4.78 is 0. The van der Waals surface area contributed by atoms with Gasteiger partial charge in [0, 0.05) is 22.1 Å². The molecule has 0 atom stereocenters. The van der Waals surface area contributed by atoms with Crippen LogP contribution in [0, 0.1) is 0 Å². The van der Waals surface area contributed by atoms with Gasteiger partial charge in [0.05, 0.1) is 5.35 Å². The second kappa shape index (κ2) is 3.14. The van der Waals surface area contributed by atoms with Crippen molar-refractivity contribution >= 4 is 22.7 Å². The Kier molecular flexibility index (Phi) is 1.81. The molecule has 3 rings (SSSR count). The lowest BCUT2D eigenvalue weighted by Crippen LogP contribution is -2.28. The number of hydrogen-bond donors (Lipinski definition) is 0. The van der Waals surface area contributed by atoms with Crippen LogP contribution in [-0.4, -0.2) is 10.7 Å². The minimum absolute atomic E-state index is 1.07. The molecule has 0 amide bonds. The van der Waals surface area contributed by atoms with Gasteiger partial charge in [-0.3, -0.25) is 4.98 Å². The fourth-order valence-corrected chi connectivity index (χ4v) is 2.79. The van der Waals surface area contributed by atoms with Gasteiger partial charge in [-0.1, -0.05) is 30.4 Å². The molecule has 14 heavy (non-hydrogen) atoms. The maximum Gasteiger partial charge on any atom is 0.0843 e. The standard InChI is InChI=1S/C12H9NS/c1-3-9-5-2-7-13-11(9)12-10(4-1)6-8-14-12/h1-7H,8H2.